The van der Waals surface area contributed by atoms with Crippen molar-refractivity contribution in [3.8, 4) is 11.5 Å². The van der Waals surface area contributed by atoms with E-state index < -0.39 is 18.7 Å². The second-order valence-electron chi connectivity index (χ2n) is 6.93. The van der Waals surface area contributed by atoms with Crippen LogP contribution >= 0.6 is 0 Å². The van der Waals surface area contributed by atoms with Crippen molar-refractivity contribution >= 4 is 11.8 Å². The molecule has 0 atom stereocenters. The van der Waals surface area contributed by atoms with E-state index in [1.807, 2.05) is 0 Å². The van der Waals surface area contributed by atoms with Gasteiger partial charge in [-0.25, -0.2) is 0 Å². The molecule has 3 rings (SSSR count). The molecule has 0 spiro atoms. The Morgan fingerprint density at radius 2 is 1.63 bits per heavy atom. The molecule has 0 radical (unpaired) electrons. The van der Waals surface area contributed by atoms with Crippen molar-refractivity contribution < 1.29 is 32.2 Å². The van der Waals surface area contributed by atoms with E-state index in [1.165, 1.54) is 18.2 Å². The number of nitrogens with two attached hydrogens (primary N) is 1. The molecule has 1 aliphatic heterocycles. The van der Waals surface area contributed by atoms with Crippen LogP contribution in [0.3, 0.4) is 0 Å². The summed E-state index contributed by atoms with van der Waals surface area (Å²) in [4.78, 5) is 25.6. The Hall–Kier alpha value is -3.23. The largest absolute Gasteiger partial charge is 0.490 e. The summed E-state index contributed by atoms with van der Waals surface area (Å²) in [5, 5.41) is 0. The van der Waals surface area contributed by atoms with Crippen LogP contribution in [-0.4, -0.2) is 48.7 Å². The minimum atomic E-state index is -4.41. The van der Waals surface area contributed by atoms with E-state index in [-0.39, 0.29) is 23.3 Å². The monoisotopic (exact) mass is 422 g/mol. The highest BCUT2D eigenvalue weighted by molar-refractivity contribution is 5.99. The van der Waals surface area contributed by atoms with E-state index in [1.54, 1.807) is 35.2 Å². The van der Waals surface area contributed by atoms with E-state index in [0.717, 1.165) is 0 Å². The Kier molecular flexibility index (Phi) is 6.49. The minimum Gasteiger partial charge on any atom is -0.490 e. The molecule has 0 saturated carbocycles. The highest BCUT2D eigenvalue weighted by Gasteiger charge is 2.29. The van der Waals surface area contributed by atoms with Crippen LogP contribution in [0.5, 0.6) is 11.5 Å². The normalized spacial score (nSPS) is 15.0. The Labute approximate surface area is 171 Å². The Bertz CT molecular complexity index is 909. The SMILES string of the molecule is NC(=O)c1cccc(C(=O)N2CCC(Oc3cccc(OCC(F)(F)F)c3)CC2)c1. The highest BCUT2D eigenvalue weighted by atomic mass is 19.4. The number of hydrogen-bond acceptors (Lipinski definition) is 4. The number of carbonyl (C=O) groups is 2. The summed E-state index contributed by atoms with van der Waals surface area (Å²) in [6.45, 7) is -0.461. The van der Waals surface area contributed by atoms with Crippen LogP contribution in [0.25, 0.3) is 0 Å². The molecule has 2 amide bonds. The summed E-state index contributed by atoms with van der Waals surface area (Å²) < 4.78 is 47.5. The van der Waals surface area contributed by atoms with Gasteiger partial charge in [-0.15, -0.1) is 0 Å². The van der Waals surface area contributed by atoms with Crippen LogP contribution in [0, 0.1) is 0 Å². The number of primary amides is 1. The number of halogens is 3. The van der Waals surface area contributed by atoms with Crippen molar-refractivity contribution in [2.75, 3.05) is 19.7 Å². The maximum absolute atomic E-state index is 12.7. The number of carbonyl (C=O) groups excluding carboxylic acids is 2. The molecule has 0 unspecified atom stereocenters. The van der Waals surface area contributed by atoms with Gasteiger partial charge >= 0.3 is 6.18 Å². The minimum absolute atomic E-state index is 0.0757. The van der Waals surface area contributed by atoms with Crippen molar-refractivity contribution in [3.05, 3.63) is 59.7 Å². The van der Waals surface area contributed by atoms with E-state index in [9.17, 15) is 22.8 Å². The molecule has 160 valence electrons. The van der Waals surface area contributed by atoms with Gasteiger partial charge in [0.2, 0.25) is 5.91 Å². The van der Waals surface area contributed by atoms with Crippen LogP contribution in [-0.2, 0) is 0 Å². The fraction of sp³-hybridized carbons (Fsp3) is 0.333. The summed E-state index contributed by atoms with van der Waals surface area (Å²) in [5.74, 6) is -0.308. The van der Waals surface area contributed by atoms with Gasteiger partial charge in [0.1, 0.15) is 17.6 Å². The molecule has 2 aromatic rings. The molecule has 1 aliphatic rings. The lowest BCUT2D eigenvalue weighted by Gasteiger charge is -2.32. The summed E-state index contributed by atoms with van der Waals surface area (Å²) >= 11 is 0. The van der Waals surface area contributed by atoms with Gasteiger partial charge in [0.15, 0.2) is 6.61 Å². The first-order valence-corrected chi connectivity index (χ1v) is 9.37. The number of rotatable bonds is 6. The highest BCUT2D eigenvalue weighted by Crippen LogP contribution is 2.25. The number of ether oxygens (including phenoxy) is 2. The fourth-order valence-corrected chi connectivity index (χ4v) is 3.16. The zero-order chi connectivity index (χ0) is 21.7. The van der Waals surface area contributed by atoms with Gasteiger partial charge in [0.25, 0.3) is 5.91 Å². The first-order chi connectivity index (χ1) is 14.2. The third-order valence-corrected chi connectivity index (χ3v) is 4.63. The van der Waals surface area contributed by atoms with Crippen LogP contribution in [0.15, 0.2) is 48.5 Å². The third-order valence-electron chi connectivity index (χ3n) is 4.63. The van der Waals surface area contributed by atoms with Gasteiger partial charge in [0, 0.05) is 43.1 Å². The number of piperidine rings is 1. The number of amides is 2. The zero-order valence-electron chi connectivity index (χ0n) is 16.0. The number of alkyl halides is 3. The lowest BCUT2D eigenvalue weighted by atomic mass is 10.0. The molecular formula is C21H21F3N2O4. The second-order valence-corrected chi connectivity index (χ2v) is 6.93. The number of likely N-dealkylation sites (tertiary alicyclic amines) is 1. The summed E-state index contributed by atoms with van der Waals surface area (Å²) in [7, 11) is 0. The number of benzene rings is 2. The second kappa shape index (κ2) is 9.06. The van der Waals surface area contributed by atoms with E-state index >= 15 is 0 Å². The molecule has 9 heteroatoms. The first-order valence-electron chi connectivity index (χ1n) is 9.37. The van der Waals surface area contributed by atoms with Gasteiger partial charge < -0.3 is 20.1 Å². The molecule has 6 nitrogen and oxygen atoms in total. The average Bonchev–Trinajstić information content (AvgIpc) is 2.72. The third kappa shape index (κ3) is 5.88. The topological polar surface area (TPSA) is 81.9 Å². The van der Waals surface area contributed by atoms with Gasteiger partial charge in [-0.2, -0.15) is 13.2 Å². The van der Waals surface area contributed by atoms with Crippen LogP contribution < -0.4 is 15.2 Å². The Morgan fingerprint density at radius 1 is 1.00 bits per heavy atom. The molecule has 1 heterocycles. The van der Waals surface area contributed by atoms with Gasteiger partial charge in [0.05, 0.1) is 0 Å². The first kappa shape index (κ1) is 21.5. The standard InChI is InChI=1S/C21H21F3N2O4/c22-21(23,24)13-29-17-5-2-6-18(12-17)30-16-7-9-26(10-8-16)20(28)15-4-1-3-14(11-15)19(25)27/h1-6,11-12,16H,7-10,13H2,(H2,25,27). The number of hydrogen-bond donors (Lipinski definition) is 1. The number of nitrogens with zero attached hydrogens (tertiary/aromatic N) is 1. The Balaban J connectivity index is 1.54. The molecule has 30 heavy (non-hydrogen) atoms. The van der Waals surface area contributed by atoms with Crippen molar-refractivity contribution in [2.24, 2.45) is 5.73 Å². The van der Waals surface area contributed by atoms with Gasteiger partial charge in [-0.05, 0) is 30.3 Å². The molecule has 1 saturated heterocycles. The maximum atomic E-state index is 12.7. The maximum Gasteiger partial charge on any atom is 0.422 e. The van der Waals surface area contributed by atoms with E-state index in [0.29, 0.717) is 37.2 Å². The lowest BCUT2D eigenvalue weighted by Crippen LogP contribution is -2.41. The summed E-state index contributed by atoms with van der Waals surface area (Å²) in [6.07, 6.45) is -3.46. The summed E-state index contributed by atoms with van der Waals surface area (Å²) in [6, 6.07) is 12.3. The predicted molar refractivity (Wildman–Crippen MR) is 103 cm³/mol. The van der Waals surface area contributed by atoms with Crippen molar-refractivity contribution in [1.29, 1.82) is 0 Å². The summed E-state index contributed by atoms with van der Waals surface area (Å²) in [5.41, 5.74) is 5.92. The van der Waals surface area contributed by atoms with Crippen LogP contribution in [0.4, 0.5) is 13.2 Å². The predicted octanol–water partition coefficient (Wildman–Crippen LogP) is 3.41. The Morgan fingerprint density at radius 3 is 2.30 bits per heavy atom. The molecule has 0 aromatic heterocycles. The molecule has 1 fully saturated rings. The molecule has 2 aromatic carbocycles. The van der Waals surface area contributed by atoms with E-state index in [2.05, 4.69) is 0 Å². The van der Waals surface area contributed by atoms with Crippen molar-refractivity contribution in [2.45, 2.75) is 25.1 Å². The lowest BCUT2D eigenvalue weighted by molar-refractivity contribution is -0.153. The van der Waals surface area contributed by atoms with Gasteiger partial charge in [-0.1, -0.05) is 12.1 Å². The molecular weight excluding hydrogens is 401 g/mol. The molecule has 2 N–H and O–H groups in total. The fourth-order valence-electron chi connectivity index (χ4n) is 3.16. The molecule has 0 bridgehead atoms. The van der Waals surface area contributed by atoms with Gasteiger partial charge in [-0.3, -0.25) is 9.59 Å². The van der Waals surface area contributed by atoms with Crippen LogP contribution in [0.2, 0.25) is 0 Å². The smallest absolute Gasteiger partial charge is 0.422 e. The quantitative estimate of drug-likeness (QED) is 0.774. The van der Waals surface area contributed by atoms with Crippen molar-refractivity contribution in [1.82, 2.24) is 4.90 Å². The zero-order valence-corrected chi connectivity index (χ0v) is 16.0. The van der Waals surface area contributed by atoms with Crippen LogP contribution in [0.1, 0.15) is 33.6 Å². The average molecular weight is 422 g/mol. The van der Waals surface area contributed by atoms with Crippen molar-refractivity contribution in [3.63, 3.8) is 0 Å². The van der Waals surface area contributed by atoms with E-state index in [4.69, 9.17) is 15.2 Å². The molecule has 0 aliphatic carbocycles.